The number of aliphatic hydroxyl groups is 1. The Morgan fingerprint density at radius 2 is 1.91 bits per heavy atom. The zero-order chi connectivity index (χ0) is 9.07. The van der Waals surface area contributed by atoms with Gasteiger partial charge in [-0.2, -0.15) is 0 Å². The van der Waals surface area contributed by atoms with Crippen molar-refractivity contribution in [2.45, 2.75) is 33.3 Å². The minimum atomic E-state index is -0.476. The minimum Gasteiger partial charge on any atom is -0.475 e. The van der Waals surface area contributed by atoms with Crippen molar-refractivity contribution < 1.29 is 9.84 Å². The van der Waals surface area contributed by atoms with Gasteiger partial charge in [0.2, 0.25) is 5.39 Å². The van der Waals surface area contributed by atoms with E-state index in [9.17, 15) is 0 Å². The van der Waals surface area contributed by atoms with Crippen molar-refractivity contribution in [1.82, 2.24) is 0 Å². The highest BCUT2D eigenvalue weighted by atomic mass is 16.6. The van der Waals surface area contributed by atoms with E-state index in [1.165, 1.54) is 6.92 Å². The Hall–Kier alpha value is -1.24. The molecule has 0 aliphatic heterocycles. The Labute approximate surface area is 66.1 Å². The van der Waals surface area contributed by atoms with E-state index in [1.54, 1.807) is 20.8 Å². The van der Waals surface area contributed by atoms with E-state index in [0.29, 0.717) is 0 Å². The van der Waals surface area contributed by atoms with Crippen LogP contribution in [0.4, 0.5) is 0 Å². The van der Waals surface area contributed by atoms with Crippen LogP contribution in [0.3, 0.4) is 0 Å². The molecular weight excluding hydrogens is 144 g/mol. The van der Waals surface area contributed by atoms with E-state index < -0.39 is 5.60 Å². The Balaban J connectivity index is 4.32. The largest absolute Gasteiger partial charge is 0.475 e. The minimum absolute atomic E-state index is 0.0694. The van der Waals surface area contributed by atoms with Crippen molar-refractivity contribution in [3.63, 3.8) is 0 Å². The van der Waals surface area contributed by atoms with E-state index in [-0.39, 0.29) is 11.6 Å². The van der Waals surface area contributed by atoms with Crippen LogP contribution in [-0.2, 0) is 4.74 Å². The zero-order valence-corrected chi connectivity index (χ0v) is 7.25. The van der Waals surface area contributed by atoms with Crippen LogP contribution >= 0.6 is 0 Å². The highest BCUT2D eigenvalue weighted by Crippen LogP contribution is 2.14. The number of nitrogens with zero attached hydrogens (tertiary/aromatic N) is 2. The molecule has 0 aromatic carbocycles. The average Bonchev–Trinajstić information content (AvgIpc) is 1.82. The van der Waals surface area contributed by atoms with E-state index >= 15 is 0 Å². The van der Waals surface area contributed by atoms with Crippen LogP contribution in [0.25, 0.3) is 4.98 Å². The van der Waals surface area contributed by atoms with Gasteiger partial charge in [0.05, 0.1) is 6.92 Å². The molecule has 0 radical (unpaired) electrons. The third-order valence-electron chi connectivity index (χ3n) is 0.862. The lowest BCUT2D eigenvalue weighted by atomic mass is 10.2. The van der Waals surface area contributed by atoms with Crippen molar-refractivity contribution in [1.29, 1.82) is 5.39 Å². The second-order valence-electron chi connectivity index (χ2n) is 3.20. The molecule has 1 N–H and O–H groups in total. The van der Waals surface area contributed by atoms with Gasteiger partial charge in [0.1, 0.15) is 5.60 Å². The molecule has 0 atom stereocenters. The number of ether oxygens (including phenoxy) is 1. The maximum atomic E-state index is 9.06. The second-order valence-corrected chi connectivity index (χ2v) is 3.20. The number of diazo groups is 1. The van der Waals surface area contributed by atoms with E-state index in [1.807, 2.05) is 0 Å². The molecular formula is C7H13N2O2+. The second kappa shape index (κ2) is 3.24. The van der Waals surface area contributed by atoms with Crippen molar-refractivity contribution in [3.8, 4) is 0 Å². The van der Waals surface area contributed by atoms with Gasteiger partial charge >= 0.3 is 11.6 Å². The number of hydrogen-bond donors (Lipinski definition) is 1. The van der Waals surface area contributed by atoms with Crippen molar-refractivity contribution in [2.75, 3.05) is 0 Å². The summed E-state index contributed by atoms with van der Waals surface area (Å²) in [4.78, 5) is 2.78. The third kappa shape index (κ3) is 4.20. The summed E-state index contributed by atoms with van der Waals surface area (Å²) in [7, 11) is 0. The fourth-order valence-corrected chi connectivity index (χ4v) is 0.407. The van der Waals surface area contributed by atoms with Gasteiger partial charge in [0.25, 0.3) is 0 Å². The van der Waals surface area contributed by atoms with E-state index in [0.717, 1.165) is 0 Å². The first-order valence-electron chi connectivity index (χ1n) is 3.31. The highest BCUT2D eigenvalue weighted by Gasteiger charge is 2.20. The Kier molecular flexibility index (Phi) is 2.87. The molecule has 0 saturated heterocycles. The van der Waals surface area contributed by atoms with Gasteiger partial charge in [-0.3, -0.25) is 0 Å². The van der Waals surface area contributed by atoms with Crippen LogP contribution in [-0.4, -0.2) is 10.7 Å². The van der Waals surface area contributed by atoms with Gasteiger partial charge in [0, 0.05) is 0 Å². The number of rotatable bonds is 1. The van der Waals surface area contributed by atoms with Gasteiger partial charge in [0.15, 0.2) is 4.98 Å². The lowest BCUT2D eigenvalue weighted by molar-refractivity contribution is -0.0166. The first-order valence-corrected chi connectivity index (χ1v) is 3.31. The molecule has 4 heteroatoms. The van der Waals surface area contributed by atoms with Gasteiger partial charge in [-0.25, -0.2) is 0 Å². The Bertz CT molecular complexity index is 207. The summed E-state index contributed by atoms with van der Waals surface area (Å²) in [6, 6.07) is 0. The van der Waals surface area contributed by atoms with Gasteiger partial charge in [-0.1, -0.05) is 0 Å². The Morgan fingerprint density at radius 3 is 2.18 bits per heavy atom. The summed E-state index contributed by atoms with van der Waals surface area (Å²) in [5.74, 6) is -0.347. The number of hydrogen-bond acceptors (Lipinski definition) is 3. The summed E-state index contributed by atoms with van der Waals surface area (Å²) in [5, 5.41) is 17.3. The van der Waals surface area contributed by atoms with Crippen LogP contribution < -0.4 is 0 Å². The SMILES string of the molecule is C/C([N+]#N)=C(/O)OC(C)(C)C. The predicted octanol–water partition coefficient (Wildman–Crippen LogP) is 2.40. The summed E-state index contributed by atoms with van der Waals surface area (Å²) < 4.78 is 4.97. The summed E-state index contributed by atoms with van der Waals surface area (Å²) in [6.45, 7) is 6.80. The van der Waals surface area contributed by atoms with Crippen LogP contribution in [0.5, 0.6) is 0 Å². The molecule has 0 spiro atoms. The van der Waals surface area contributed by atoms with Gasteiger partial charge in [-0.05, 0) is 20.8 Å². The van der Waals surface area contributed by atoms with Crippen molar-refractivity contribution in [2.24, 2.45) is 0 Å². The van der Waals surface area contributed by atoms with Gasteiger partial charge < -0.3 is 9.84 Å². The summed E-state index contributed by atoms with van der Waals surface area (Å²) >= 11 is 0. The molecule has 4 nitrogen and oxygen atoms in total. The molecule has 0 saturated carbocycles. The van der Waals surface area contributed by atoms with Gasteiger partial charge in [-0.15, -0.1) is 0 Å². The molecule has 0 aliphatic carbocycles. The smallest absolute Gasteiger partial charge is 0.437 e. The number of aliphatic hydroxyl groups excluding tert-OH is 1. The summed E-state index contributed by atoms with van der Waals surface area (Å²) in [5.41, 5.74) is -0.407. The molecule has 0 rings (SSSR count). The summed E-state index contributed by atoms with van der Waals surface area (Å²) in [6.07, 6.45) is 0. The first kappa shape index (κ1) is 9.76. The van der Waals surface area contributed by atoms with E-state index in [4.69, 9.17) is 15.2 Å². The molecule has 0 aromatic rings. The predicted molar refractivity (Wildman–Crippen MR) is 41.3 cm³/mol. The standard InChI is InChI=1S/C7H12N2O2/c1-5(9-8)6(10)11-7(2,3)4/h1-4H3/p+1/b6-5+. The molecule has 62 valence electrons. The fourth-order valence-electron chi connectivity index (χ4n) is 0.407. The van der Waals surface area contributed by atoms with Crippen molar-refractivity contribution >= 4 is 0 Å². The maximum Gasteiger partial charge on any atom is 0.437 e. The molecule has 0 unspecified atom stereocenters. The molecule has 11 heavy (non-hydrogen) atoms. The van der Waals surface area contributed by atoms with Crippen LogP contribution in [0.2, 0.25) is 0 Å². The fraction of sp³-hybridized carbons (Fsp3) is 0.714. The van der Waals surface area contributed by atoms with Crippen LogP contribution in [0.15, 0.2) is 11.6 Å². The molecule has 0 heterocycles. The quantitative estimate of drug-likeness (QED) is 0.469. The average molecular weight is 157 g/mol. The topological polar surface area (TPSA) is 57.6 Å². The van der Waals surface area contributed by atoms with E-state index in [2.05, 4.69) is 4.98 Å². The van der Waals surface area contributed by atoms with Crippen LogP contribution in [0.1, 0.15) is 27.7 Å². The first-order chi connectivity index (χ1) is 4.87. The lowest BCUT2D eigenvalue weighted by Crippen LogP contribution is -2.18. The third-order valence-corrected chi connectivity index (χ3v) is 0.862. The number of allylic oxidation sites excluding steroid dienone is 1. The molecule has 0 bridgehead atoms. The molecule has 0 aliphatic rings. The Morgan fingerprint density at radius 1 is 1.45 bits per heavy atom. The lowest BCUT2D eigenvalue weighted by Gasteiger charge is -2.18. The normalized spacial score (nSPS) is 13.4. The molecule has 0 amide bonds. The monoisotopic (exact) mass is 157 g/mol. The zero-order valence-electron chi connectivity index (χ0n) is 7.25. The molecule has 0 fully saturated rings. The van der Waals surface area contributed by atoms with Crippen LogP contribution in [0, 0.1) is 5.39 Å². The van der Waals surface area contributed by atoms with Crippen molar-refractivity contribution in [3.05, 3.63) is 16.6 Å². The highest BCUT2D eigenvalue weighted by molar-refractivity contribution is 5.05. The molecule has 0 aromatic heterocycles. The maximum absolute atomic E-state index is 9.06.